The minimum absolute atomic E-state index is 0.179. The minimum atomic E-state index is 0.179. The molecule has 0 aliphatic carbocycles. The summed E-state index contributed by atoms with van der Waals surface area (Å²) in [5.74, 6) is 0.942. The monoisotopic (exact) mass is 307 g/mol. The van der Waals surface area contributed by atoms with Gasteiger partial charge in [-0.3, -0.25) is 4.79 Å². The maximum Gasteiger partial charge on any atom is 0.227 e. The lowest BCUT2D eigenvalue weighted by atomic mass is 10.0. The first-order chi connectivity index (χ1) is 8.52. The van der Waals surface area contributed by atoms with Crippen molar-refractivity contribution in [3.05, 3.63) is 40.9 Å². The Morgan fingerprint density at radius 1 is 1.50 bits per heavy atom. The van der Waals surface area contributed by atoms with Crippen LogP contribution >= 0.6 is 15.9 Å². The minimum Gasteiger partial charge on any atom is -0.311 e. The molecule has 1 unspecified atom stereocenters. The molecule has 1 aromatic rings. The first-order valence-electron chi connectivity index (χ1n) is 6.25. The van der Waals surface area contributed by atoms with Crippen LogP contribution < -0.4 is 4.90 Å². The molecule has 3 heteroatoms. The molecule has 0 saturated carbocycles. The molecule has 0 spiro atoms. The zero-order valence-corrected chi connectivity index (χ0v) is 12.4. The highest BCUT2D eigenvalue weighted by Crippen LogP contribution is 2.33. The van der Waals surface area contributed by atoms with Gasteiger partial charge in [0, 0.05) is 23.4 Å². The zero-order valence-electron chi connectivity index (χ0n) is 10.8. The molecule has 2 rings (SSSR count). The van der Waals surface area contributed by atoms with E-state index in [4.69, 9.17) is 0 Å². The Bertz CT molecular complexity index is 481. The van der Waals surface area contributed by atoms with Crippen molar-refractivity contribution in [2.24, 2.45) is 5.92 Å². The van der Waals surface area contributed by atoms with Gasteiger partial charge in [-0.2, -0.15) is 0 Å². The standard InChI is InChI=1S/C15H18BrNO/c1-4-11-7-15(18)17(9-11)14-6-5-12(10(2)3)8-13(14)16/h4-6,8,10-11H,1,7,9H2,2-3H3. The van der Waals surface area contributed by atoms with Crippen LogP contribution in [0.15, 0.2) is 35.3 Å². The molecule has 1 saturated heterocycles. The first kappa shape index (κ1) is 13.3. The van der Waals surface area contributed by atoms with Gasteiger partial charge >= 0.3 is 0 Å². The van der Waals surface area contributed by atoms with E-state index in [2.05, 4.69) is 48.5 Å². The van der Waals surface area contributed by atoms with Crippen molar-refractivity contribution in [2.45, 2.75) is 26.2 Å². The average molecular weight is 308 g/mol. The molecule has 2 nitrogen and oxygen atoms in total. The van der Waals surface area contributed by atoms with Crippen molar-refractivity contribution in [1.82, 2.24) is 0 Å². The van der Waals surface area contributed by atoms with Gasteiger partial charge in [-0.25, -0.2) is 0 Å². The van der Waals surface area contributed by atoms with Gasteiger partial charge in [0.2, 0.25) is 5.91 Å². The number of hydrogen-bond acceptors (Lipinski definition) is 1. The largest absolute Gasteiger partial charge is 0.311 e. The second kappa shape index (κ2) is 5.27. The fraction of sp³-hybridized carbons (Fsp3) is 0.400. The van der Waals surface area contributed by atoms with Crippen LogP contribution in [0.3, 0.4) is 0 Å². The Morgan fingerprint density at radius 2 is 2.22 bits per heavy atom. The van der Waals surface area contributed by atoms with E-state index in [9.17, 15) is 4.79 Å². The number of amides is 1. The van der Waals surface area contributed by atoms with Crippen LogP contribution in [0, 0.1) is 5.92 Å². The van der Waals surface area contributed by atoms with Crippen LogP contribution in [0.5, 0.6) is 0 Å². The van der Waals surface area contributed by atoms with Gasteiger partial charge < -0.3 is 4.90 Å². The van der Waals surface area contributed by atoms with Crippen LogP contribution in [0.25, 0.3) is 0 Å². The van der Waals surface area contributed by atoms with Crippen molar-refractivity contribution in [3.63, 3.8) is 0 Å². The summed E-state index contributed by atoms with van der Waals surface area (Å²) < 4.78 is 0.992. The summed E-state index contributed by atoms with van der Waals surface area (Å²) in [6, 6.07) is 6.23. The van der Waals surface area contributed by atoms with E-state index in [1.165, 1.54) is 5.56 Å². The van der Waals surface area contributed by atoms with Crippen molar-refractivity contribution in [2.75, 3.05) is 11.4 Å². The number of rotatable bonds is 3. The topological polar surface area (TPSA) is 20.3 Å². The summed E-state index contributed by atoms with van der Waals surface area (Å²) in [6.07, 6.45) is 2.44. The number of nitrogens with zero attached hydrogens (tertiary/aromatic N) is 1. The molecule has 0 N–H and O–H groups in total. The number of anilines is 1. The van der Waals surface area contributed by atoms with Crippen LogP contribution in [0.2, 0.25) is 0 Å². The highest BCUT2D eigenvalue weighted by molar-refractivity contribution is 9.10. The Kier molecular flexibility index (Phi) is 3.91. The smallest absolute Gasteiger partial charge is 0.227 e. The molecule has 1 atom stereocenters. The quantitative estimate of drug-likeness (QED) is 0.770. The Labute approximate surface area is 117 Å². The summed E-state index contributed by atoms with van der Waals surface area (Å²) >= 11 is 3.58. The summed E-state index contributed by atoms with van der Waals surface area (Å²) in [6.45, 7) is 8.84. The van der Waals surface area contributed by atoms with E-state index in [-0.39, 0.29) is 11.8 Å². The molecule has 1 amide bonds. The van der Waals surface area contributed by atoms with E-state index >= 15 is 0 Å². The maximum absolute atomic E-state index is 12.0. The SMILES string of the molecule is C=CC1CC(=O)N(c2ccc(C(C)C)cc2Br)C1. The number of hydrogen-bond donors (Lipinski definition) is 0. The fourth-order valence-electron chi connectivity index (χ4n) is 2.23. The fourth-order valence-corrected chi connectivity index (χ4v) is 2.84. The third-order valence-electron chi connectivity index (χ3n) is 3.42. The number of carbonyl (C=O) groups excluding carboxylic acids is 1. The molecule has 1 aromatic carbocycles. The van der Waals surface area contributed by atoms with Crippen LogP contribution in [0.1, 0.15) is 31.7 Å². The van der Waals surface area contributed by atoms with Gasteiger partial charge in [0.05, 0.1) is 5.69 Å². The zero-order chi connectivity index (χ0) is 13.3. The van der Waals surface area contributed by atoms with Crippen molar-refractivity contribution in [3.8, 4) is 0 Å². The maximum atomic E-state index is 12.0. The highest BCUT2D eigenvalue weighted by atomic mass is 79.9. The van der Waals surface area contributed by atoms with E-state index < -0.39 is 0 Å². The molecule has 1 aliphatic rings. The van der Waals surface area contributed by atoms with Crippen LogP contribution in [0.4, 0.5) is 5.69 Å². The summed E-state index contributed by atoms with van der Waals surface area (Å²) in [7, 11) is 0. The van der Waals surface area contributed by atoms with Gasteiger partial charge in [-0.1, -0.05) is 26.0 Å². The second-order valence-electron chi connectivity index (χ2n) is 5.07. The van der Waals surface area contributed by atoms with Crippen molar-refractivity contribution >= 4 is 27.5 Å². The molecule has 96 valence electrons. The lowest BCUT2D eigenvalue weighted by molar-refractivity contribution is -0.117. The summed E-state index contributed by atoms with van der Waals surface area (Å²) in [4.78, 5) is 13.8. The molecule has 1 aliphatic heterocycles. The van der Waals surface area contributed by atoms with E-state index in [0.717, 1.165) is 16.7 Å². The van der Waals surface area contributed by atoms with E-state index in [0.29, 0.717) is 12.3 Å². The lowest BCUT2D eigenvalue weighted by Gasteiger charge is -2.19. The van der Waals surface area contributed by atoms with Gasteiger partial charge in [0.25, 0.3) is 0 Å². The molecular weight excluding hydrogens is 290 g/mol. The predicted molar refractivity (Wildman–Crippen MR) is 78.9 cm³/mol. The van der Waals surface area contributed by atoms with Crippen molar-refractivity contribution < 1.29 is 4.79 Å². The Balaban J connectivity index is 2.29. The summed E-state index contributed by atoms with van der Waals surface area (Å²) in [5, 5.41) is 0. The molecule has 1 fully saturated rings. The number of halogens is 1. The third-order valence-corrected chi connectivity index (χ3v) is 4.05. The van der Waals surface area contributed by atoms with Gasteiger partial charge in [-0.05, 0) is 39.5 Å². The van der Waals surface area contributed by atoms with Gasteiger partial charge in [0.1, 0.15) is 0 Å². The van der Waals surface area contributed by atoms with E-state index in [1.807, 2.05) is 17.0 Å². The Morgan fingerprint density at radius 3 is 2.72 bits per heavy atom. The average Bonchev–Trinajstić information content (AvgIpc) is 2.70. The molecular formula is C15H18BrNO. The third kappa shape index (κ3) is 2.51. The van der Waals surface area contributed by atoms with Crippen LogP contribution in [-0.2, 0) is 4.79 Å². The first-order valence-corrected chi connectivity index (χ1v) is 7.04. The molecule has 0 aromatic heterocycles. The summed E-state index contributed by atoms with van der Waals surface area (Å²) in [5.41, 5.74) is 2.24. The Hall–Kier alpha value is -1.09. The number of benzene rings is 1. The van der Waals surface area contributed by atoms with Crippen molar-refractivity contribution in [1.29, 1.82) is 0 Å². The van der Waals surface area contributed by atoms with Crippen LogP contribution in [-0.4, -0.2) is 12.5 Å². The molecule has 1 heterocycles. The predicted octanol–water partition coefficient (Wildman–Crippen LogP) is 4.11. The number of carbonyl (C=O) groups is 1. The van der Waals surface area contributed by atoms with Gasteiger partial charge in [-0.15, -0.1) is 6.58 Å². The molecule has 0 radical (unpaired) electrons. The second-order valence-corrected chi connectivity index (χ2v) is 5.92. The van der Waals surface area contributed by atoms with Gasteiger partial charge in [0.15, 0.2) is 0 Å². The molecule has 18 heavy (non-hydrogen) atoms. The lowest BCUT2D eigenvalue weighted by Crippen LogP contribution is -2.24. The normalized spacial score (nSPS) is 19.7. The highest BCUT2D eigenvalue weighted by Gasteiger charge is 2.29. The molecule has 0 bridgehead atoms. The van der Waals surface area contributed by atoms with E-state index in [1.54, 1.807) is 0 Å².